The Morgan fingerprint density at radius 3 is 2.61 bits per heavy atom. The number of amides is 2. The van der Waals surface area contributed by atoms with Crippen LogP contribution in [0.2, 0.25) is 0 Å². The van der Waals surface area contributed by atoms with Crippen LogP contribution in [-0.2, 0) is 4.79 Å². The highest BCUT2D eigenvalue weighted by Gasteiger charge is 2.22. The van der Waals surface area contributed by atoms with E-state index in [1.807, 2.05) is 49.4 Å². The molecule has 1 fully saturated rings. The van der Waals surface area contributed by atoms with Gasteiger partial charge in [-0.15, -0.1) is 0 Å². The van der Waals surface area contributed by atoms with E-state index in [2.05, 4.69) is 31.6 Å². The molecular formula is C24H27N5O2. The smallest absolute Gasteiger partial charge is 0.272 e. The summed E-state index contributed by atoms with van der Waals surface area (Å²) in [5.41, 5.74) is 3.40. The van der Waals surface area contributed by atoms with Crippen molar-refractivity contribution in [3.63, 3.8) is 0 Å². The zero-order valence-electron chi connectivity index (χ0n) is 17.7. The van der Waals surface area contributed by atoms with E-state index in [1.165, 1.54) is 19.0 Å². The fourth-order valence-corrected chi connectivity index (χ4v) is 3.84. The molecule has 1 aliphatic heterocycles. The molecule has 2 amide bonds. The van der Waals surface area contributed by atoms with Crippen molar-refractivity contribution in [1.29, 1.82) is 0 Å². The van der Waals surface area contributed by atoms with Gasteiger partial charge in [-0.2, -0.15) is 0 Å². The third-order valence-corrected chi connectivity index (χ3v) is 5.47. The van der Waals surface area contributed by atoms with Gasteiger partial charge < -0.3 is 15.5 Å². The van der Waals surface area contributed by atoms with Crippen molar-refractivity contribution in [3.8, 4) is 0 Å². The largest absolute Gasteiger partial charge is 0.371 e. The predicted molar refractivity (Wildman–Crippen MR) is 122 cm³/mol. The normalized spacial score (nSPS) is 14.4. The first-order valence-electron chi connectivity index (χ1n) is 10.8. The van der Waals surface area contributed by atoms with E-state index in [0.717, 1.165) is 36.4 Å². The van der Waals surface area contributed by atoms with Crippen molar-refractivity contribution < 1.29 is 9.59 Å². The highest BCUT2D eigenvalue weighted by atomic mass is 16.2. The number of hydrogen-bond acceptors (Lipinski definition) is 5. The highest BCUT2D eigenvalue weighted by molar-refractivity contribution is 6.01. The van der Waals surface area contributed by atoms with Crippen molar-refractivity contribution in [3.05, 3.63) is 60.4 Å². The second kappa shape index (κ2) is 9.55. The SMILES string of the molecule is CCCC(NC(=O)c1cnc2ccccc2n1)C(=O)Nc1cccc(N2CCCC2)c1. The number of rotatable bonds is 7. The van der Waals surface area contributed by atoms with Gasteiger partial charge in [0, 0.05) is 24.5 Å². The van der Waals surface area contributed by atoms with Crippen LogP contribution in [0, 0.1) is 0 Å². The standard InChI is InChI=1S/C24H27N5O2/c1-2-8-21(28-24(31)22-16-25-19-11-3-4-12-20(19)27-22)23(30)26-17-9-7-10-18(15-17)29-13-5-6-14-29/h3-4,7,9-12,15-16,21H,2,5-6,8,13-14H2,1H3,(H,26,30)(H,28,31). The van der Waals surface area contributed by atoms with E-state index in [0.29, 0.717) is 11.9 Å². The van der Waals surface area contributed by atoms with E-state index in [4.69, 9.17) is 0 Å². The number of aromatic nitrogens is 2. The number of hydrogen-bond donors (Lipinski definition) is 2. The second-order valence-electron chi connectivity index (χ2n) is 7.79. The number of benzene rings is 2. The lowest BCUT2D eigenvalue weighted by Crippen LogP contribution is -2.44. The minimum Gasteiger partial charge on any atom is -0.371 e. The van der Waals surface area contributed by atoms with Crippen LogP contribution >= 0.6 is 0 Å². The van der Waals surface area contributed by atoms with Crippen LogP contribution in [0.25, 0.3) is 11.0 Å². The molecule has 7 nitrogen and oxygen atoms in total. The summed E-state index contributed by atoms with van der Waals surface area (Å²) in [7, 11) is 0. The quantitative estimate of drug-likeness (QED) is 0.611. The summed E-state index contributed by atoms with van der Waals surface area (Å²) in [6.07, 6.45) is 5.12. The van der Waals surface area contributed by atoms with Gasteiger partial charge in [0.25, 0.3) is 5.91 Å². The Kier molecular flexibility index (Phi) is 6.40. The van der Waals surface area contributed by atoms with Gasteiger partial charge in [0.1, 0.15) is 11.7 Å². The zero-order valence-corrected chi connectivity index (χ0v) is 17.7. The van der Waals surface area contributed by atoms with E-state index >= 15 is 0 Å². The average molecular weight is 418 g/mol. The van der Waals surface area contributed by atoms with Crippen LogP contribution in [0.15, 0.2) is 54.7 Å². The highest BCUT2D eigenvalue weighted by Crippen LogP contribution is 2.23. The number of anilines is 2. The average Bonchev–Trinajstić information content (AvgIpc) is 3.33. The summed E-state index contributed by atoms with van der Waals surface area (Å²) in [5.74, 6) is -0.639. The number of nitrogens with one attached hydrogen (secondary N) is 2. The first-order chi connectivity index (χ1) is 15.1. The van der Waals surface area contributed by atoms with Crippen molar-refractivity contribution in [1.82, 2.24) is 15.3 Å². The van der Waals surface area contributed by atoms with E-state index in [-0.39, 0.29) is 11.6 Å². The van der Waals surface area contributed by atoms with Crippen LogP contribution in [0.1, 0.15) is 43.1 Å². The molecule has 160 valence electrons. The fraction of sp³-hybridized carbons (Fsp3) is 0.333. The summed E-state index contributed by atoms with van der Waals surface area (Å²) in [6, 6.07) is 14.6. The van der Waals surface area contributed by atoms with Crippen LogP contribution < -0.4 is 15.5 Å². The molecule has 0 bridgehead atoms. The minimum atomic E-state index is -0.652. The molecular weight excluding hydrogens is 390 g/mol. The Morgan fingerprint density at radius 2 is 1.84 bits per heavy atom. The van der Waals surface area contributed by atoms with Gasteiger partial charge >= 0.3 is 0 Å². The maximum absolute atomic E-state index is 12.9. The Hall–Kier alpha value is -3.48. The molecule has 2 N–H and O–H groups in total. The second-order valence-corrected chi connectivity index (χ2v) is 7.79. The first kappa shape index (κ1) is 20.8. The molecule has 1 aliphatic rings. The van der Waals surface area contributed by atoms with E-state index in [1.54, 1.807) is 0 Å². The molecule has 4 rings (SSSR count). The van der Waals surface area contributed by atoms with Crippen LogP contribution in [0.5, 0.6) is 0 Å². The lowest BCUT2D eigenvalue weighted by atomic mass is 10.1. The molecule has 1 aromatic heterocycles. The molecule has 0 saturated carbocycles. The van der Waals surface area contributed by atoms with Crippen LogP contribution in [0.3, 0.4) is 0 Å². The molecule has 1 saturated heterocycles. The fourth-order valence-electron chi connectivity index (χ4n) is 3.84. The van der Waals surface area contributed by atoms with Crippen molar-refractivity contribution in [2.45, 2.75) is 38.6 Å². The summed E-state index contributed by atoms with van der Waals surface area (Å²) < 4.78 is 0. The Balaban J connectivity index is 1.45. The molecule has 31 heavy (non-hydrogen) atoms. The molecule has 3 aromatic rings. The molecule has 7 heteroatoms. The molecule has 0 spiro atoms. The number of carbonyl (C=O) groups excluding carboxylic acids is 2. The molecule has 0 radical (unpaired) electrons. The Morgan fingerprint density at radius 1 is 1.06 bits per heavy atom. The molecule has 2 heterocycles. The van der Waals surface area contributed by atoms with Gasteiger partial charge in [-0.05, 0) is 49.6 Å². The van der Waals surface area contributed by atoms with Gasteiger partial charge in [0.15, 0.2) is 0 Å². The lowest BCUT2D eigenvalue weighted by Gasteiger charge is -2.20. The molecule has 2 aromatic carbocycles. The van der Waals surface area contributed by atoms with Gasteiger partial charge in [-0.1, -0.05) is 31.5 Å². The summed E-state index contributed by atoms with van der Waals surface area (Å²) in [5, 5.41) is 5.79. The van der Waals surface area contributed by atoms with Gasteiger partial charge in [-0.3, -0.25) is 14.6 Å². The maximum atomic E-state index is 12.9. The van der Waals surface area contributed by atoms with Crippen molar-refractivity contribution >= 4 is 34.2 Å². The minimum absolute atomic E-state index is 0.198. The van der Waals surface area contributed by atoms with Crippen molar-refractivity contribution in [2.24, 2.45) is 0 Å². The number of para-hydroxylation sites is 2. The molecule has 1 atom stereocenters. The third kappa shape index (κ3) is 4.99. The van der Waals surface area contributed by atoms with Gasteiger partial charge in [0.2, 0.25) is 5.91 Å². The molecule has 1 unspecified atom stereocenters. The predicted octanol–water partition coefficient (Wildman–Crippen LogP) is 3.77. The Bertz CT molecular complexity index is 1080. The monoisotopic (exact) mass is 417 g/mol. The van der Waals surface area contributed by atoms with Gasteiger partial charge in [0.05, 0.1) is 17.2 Å². The summed E-state index contributed by atoms with van der Waals surface area (Å²) >= 11 is 0. The van der Waals surface area contributed by atoms with Gasteiger partial charge in [-0.25, -0.2) is 4.98 Å². The lowest BCUT2D eigenvalue weighted by molar-refractivity contribution is -0.118. The zero-order chi connectivity index (χ0) is 21.6. The summed E-state index contributed by atoms with van der Waals surface area (Å²) in [6.45, 7) is 4.06. The van der Waals surface area contributed by atoms with E-state index in [9.17, 15) is 9.59 Å². The number of fused-ring (bicyclic) bond motifs is 1. The maximum Gasteiger partial charge on any atom is 0.272 e. The van der Waals surface area contributed by atoms with Crippen molar-refractivity contribution in [2.75, 3.05) is 23.3 Å². The van der Waals surface area contributed by atoms with E-state index < -0.39 is 11.9 Å². The first-order valence-corrected chi connectivity index (χ1v) is 10.8. The number of nitrogens with zero attached hydrogens (tertiary/aromatic N) is 3. The molecule has 0 aliphatic carbocycles. The van der Waals surface area contributed by atoms with Crippen LogP contribution in [0.4, 0.5) is 11.4 Å². The summed E-state index contributed by atoms with van der Waals surface area (Å²) in [4.78, 5) is 36.7. The third-order valence-electron chi connectivity index (χ3n) is 5.47. The topological polar surface area (TPSA) is 87.2 Å². The Labute approximate surface area is 181 Å². The van der Waals surface area contributed by atoms with Crippen LogP contribution in [-0.4, -0.2) is 40.9 Å². The number of carbonyl (C=O) groups is 2.